The summed E-state index contributed by atoms with van der Waals surface area (Å²) in [6.45, 7) is 1.32. The predicted molar refractivity (Wildman–Crippen MR) is 31.4 cm³/mol. The molecule has 0 aromatic rings. The van der Waals surface area contributed by atoms with Gasteiger partial charge in [-0.3, -0.25) is 4.18 Å². The van der Waals surface area contributed by atoms with Gasteiger partial charge < -0.3 is 0 Å². The normalized spacial score (nSPS) is 12.4. The van der Waals surface area contributed by atoms with E-state index in [1.54, 1.807) is 0 Å². The van der Waals surface area contributed by atoms with Gasteiger partial charge in [-0.15, -0.1) is 0 Å². The van der Waals surface area contributed by atoms with Gasteiger partial charge in [-0.05, 0) is 6.92 Å². The summed E-state index contributed by atoms with van der Waals surface area (Å²) >= 11 is 0. The van der Waals surface area contributed by atoms with Gasteiger partial charge in [0.2, 0.25) is 0 Å². The first-order valence-electron chi connectivity index (χ1n) is 2.63. The van der Waals surface area contributed by atoms with Crippen molar-refractivity contribution < 1.29 is 21.4 Å². The van der Waals surface area contributed by atoms with Gasteiger partial charge >= 0.3 is 0 Å². The molecule has 0 amide bonds. The van der Waals surface area contributed by atoms with Gasteiger partial charge in [-0.25, -0.2) is 8.78 Å². The Labute approximate surface area is 58.1 Å². The van der Waals surface area contributed by atoms with Crippen molar-refractivity contribution in [1.29, 1.82) is 0 Å². The maximum Gasteiger partial charge on any atom is 0.272 e. The Kier molecular flexibility index (Phi) is 3.73. The van der Waals surface area contributed by atoms with Crippen LogP contribution in [0.2, 0.25) is 0 Å². The third kappa shape index (κ3) is 4.63. The van der Waals surface area contributed by atoms with E-state index in [9.17, 15) is 17.2 Å². The smallest absolute Gasteiger partial charge is 0.270 e. The minimum atomic E-state index is -3.98. The van der Waals surface area contributed by atoms with Crippen molar-refractivity contribution in [3.8, 4) is 0 Å². The lowest BCUT2D eigenvalue weighted by molar-refractivity contribution is 0.169. The molecule has 0 N–H and O–H groups in total. The van der Waals surface area contributed by atoms with Crippen LogP contribution in [0.25, 0.3) is 0 Å². The summed E-state index contributed by atoms with van der Waals surface area (Å²) in [6.07, 6.45) is -2.86. The zero-order valence-corrected chi connectivity index (χ0v) is 6.20. The van der Waals surface area contributed by atoms with E-state index in [1.807, 2.05) is 0 Å². The summed E-state index contributed by atoms with van der Waals surface area (Å²) in [5.41, 5.74) is 0. The fraction of sp³-hybridized carbons (Fsp3) is 1.00. The van der Waals surface area contributed by atoms with Gasteiger partial charge in [0.15, 0.2) is 0 Å². The number of hydrogen-bond donors (Lipinski definition) is 0. The van der Waals surface area contributed by atoms with Crippen LogP contribution in [0.3, 0.4) is 0 Å². The summed E-state index contributed by atoms with van der Waals surface area (Å²) in [7, 11) is -3.98. The highest BCUT2D eigenvalue weighted by Crippen LogP contribution is 2.00. The highest BCUT2D eigenvalue weighted by atomic mass is 32.2. The first kappa shape index (κ1) is 9.77. The highest BCUT2D eigenvalue weighted by molar-refractivity contribution is 7.86. The lowest BCUT2D eigenvalue weighted by Gasteiger charge is -2.00. The Morgan fingerprint density at radius 1 is 1.50 bits per heavy atom. The molecule has 62 valence electrons. The lowest BCUT2D eigenvalue weighted by Crippen LogP contribution is -2.16. The second-order valence-corrected chi connectivity index (χ2v) is 3.21. The van der Waals surface area contributed by atoms with Crippen LogP contribution < -0.4 is 0 Å². The highest BCUT2D eigenvalue weighted by Gasteiger charge is 2.17. The summed E-state index contributed by atoms with van der Waals surface area (Å²) in [5, 5.41) is 0. The fourth-order valence-electron chi connectivity index (χ4n) is 0.382. The van der Waals surface area contributed by atoms with Crippen LogP contribution in [0.5, 0.6) is 0 Å². The zero-order chi connectivity index (χ0) is 8.20. The molecule has 0 aliphatic carbocycles. The molecule has 3 nitrogen and oxygen atoms in total. The van der Waals surface area contributed by atoms with Gasteiger partial charge in [0.1, 0.15) is 5.75 Å². The molecule has 0 bridgehead atoms. The van der Waals surface area contributed by atoms with E-state index < -0.39 is 22.3 Å². The summed E-state index contributed by atoms with van der Waals surface area (Å²) < 4.78 is 47.5. The molecule has 0 aliphatic rings. The maximum atomic E-state index is 11.4. The van der Waals surface area contributed by atoms with Gasteiger partial charge in [-0.2, -0.15) is 8.42 Å². The minimum absolute atomic E-state index is 0.102. The molecular formula is C4H8F2O3S. The Bertz CT molecular complexity index is 175. The van der Waals surface area contributed by atoms with Crippen LogP contribution in [0.1, 0.15) is 6.92 Å². The number of hydrogen-bond acceptors (Lipinski definition) is 3. The van der Waals surface area contributed by atoms with Gasteiger partial charge in [0, 0.05) is 0 Å². The average molecular weight is 174 g/mol. The molecule has 0 unspecified atom stereocenters. The molecule has 0 saturated heterocycles. The van der Waals surface area contributed by atoms with Crippen molar-refractivity contribution in [2.45, 2.75) is 13.3 Å². The summed E-state index contributed by atoms with van der Waals surface area (Å²) in [6, 6.07) is 0. The maximum absolute atomic E-state index is 11.4. The standard InChI is InChI=1S/C4H8F2O3S/c1-2-9-10(7,8)3-4(5)6/h4H,2-3H2,1H3. The lowest BCUT2D eigenvalue weighted by atomic mass is 10.9. The number of halogens is 2. The first-order chi connectivity index (χ1) is 4.48. The third-order valence-corrected chi connectivity index (χ3v) is 1.88. The molecule has 0 aliphatic heterocycles. The largest absolute Gasteiger partial charge is 0.272 e. The van der Waals surface area contributed by atoms with Crippen LogP contribution in [0, 0.1) is 0 Å². The zero-order valence-electron chi connectivity index (χ0n) is 5.38. The summed E-state index contributed by atoms with van der Waals surface area (Å²) in [5.74, 6) is -1.22. The van der Waals surface area contributed by atoms with E-state index in [0.717, 1.165) is 0 Å². The monoisotopic (exact) mass is 174 g/mol. The molecule has 0 fully saturated rings. The Morgan fingerprint density at radius 2 is 2.00 bits per heavy atom. The quantitative estimate of drug-likeness (QED) is 0.587. The third-order valence-electron chi connectivity index (χ3n) is 0.628. The van der Waals surface area contributed by atoms with E-state index >= 15 is 0 Å². The van der Waals surface area contributed by atoms with Crippen LogP contribution >= 0.6 is 0 Å². The van der Waals surface area contributed by atoms with Crippen molar-refractivity contribution in [2.75, 3.05) is 12.4 Å². The Balaban J connectivity index is 3.89. The Hall–Kier alpha value is -0.230. The van der Waals surface area contributed by atoms with E-state index in [1.165, 1.54) is 6.92 Å². The van der Waals surface area contributed by atoms with Crippen LogP contribution in [-0.4, -0.2) is 27.2 Å². The van der Waals surface area contributed by atoms with Crippen LogP contribution in [0.15, 0.2) is 0 Å². The van der Waals surface area contributed by atoms with Crippen molar-refractivity contribution in [3.05, 3.63) is 0 Å². The van der Waals surface area contributed by atoms with Crippen molar-refractivity contribution in [3.63, 3.8) is 0 Å². The van der Waals surface area contributed by atoms with Crippen molar-refractivity contribution >= 4 is 10.1 Å². The SMILES string of the molecule is CCOS(=O)(=O)CC(F)F. The van der Waals surface area contributed by atoms with Gasteiger partial charge in [0.05, 0.1) is 6.61 Å². The van der Waals surface area contributed by atoms with Crippen molar-refractivity contribution in [2.24, 2.45) is 0 Å². The second kappa shape index (κ2) is 3.82. The fourth-order valence-corrected chi connectivity index (χ4v) is 1.15. The van der Waals surface area contributed by atoms with E-state index in [2.05, 4.69) is 4.18 Å². The molecule has 0 atom stereocenters. The summed E-state index contributed by atoms with van der Waals surface area (Å²) in [4.78, 5) is 0. The molecule has 0 saturated carbocycles. The van der Waals surface area contributed by atoms with E-state index in [4.69, 9.17) is 0 Å². The average Bonchev–Trinajstić information content (AvgIpc) is 1.59. The first-order valence-corrected chi connectivity index (χ1v) is 4.21. The number of rotatable bonds is 4. The van der Waals surface area contributed by atoms with Crippen molar-refractivity contribution in [1.82, 2.24) is 0 Å². The van der Waals surface area contributed by atoms with Gasteiger partial charge in [-0.1, -0.05) is 0 Å². The second-order valence-electron chi connectivity index (χ2n) is 1.52. The minimum Gasteiger partial charge on any atom is -0.270 e. The van der Waals surface area contributed by atoms with E-state index in [0.29, 0.717) is 0 Å². The van der Waals surface area contributed by atoms with E-state index in [-0.39, 0.29) is 6.61 Å². The number of alkyl halides is 2. The molecule has 6 heteroatoms. The molecule has 0 aromatic carbocycles. The van der Waals surface area contributed by atoms with Crippen LogP contribution in [-0.2, 0) is 14.3 Å². The molecular weight excluding hydrogens is 166 g/mol. The van der Waals surface area contributed by atoms with Gasteiger partial charge in [0.25, 0.3) is 16.5 Å². The molecule has 0 heterocycles. The Morgan fingerprint density at radius 3 is 2.30 bits per heavy atom. The molecule has 0 spiro atoms. The predicted octanol–water partition coefficient (Wildman–Crippen LogP) is 0.618. The molecule has 0 rings (SSSR count). The molecule has 0 radical (unpaired) electrons. The molecule has 0 aromatic heterocycles. The molecule has 10 heavy (non-hydrogen) atoms. The topological polar surface area (TPSA) is 43.4 Å². The van der Waals surface area contributed by atoms with Crippen LogP contribution in [0.4, 0.5) is 8.78 Å².